The van der Waals surface area contributed by atoms with Crippen LogP contribution in [0.2, 0.25) is 18.1 Å². The van der Waals surface area contributed by atoms with E-state index in [1.807, 2.05) is 0 Å². The average Bonchev–Trinajstić information content (AvgIpc) is 2.20. The Kier molecular flexibility index (Phi) is 6.58. The van der Waals surface area contributed by atoms with Gasteiger partial charge >= 0.3 is 0 Å². The lowest BCUT2D eigenvalue weighted by Crippen LogP contribution is -2.36. The third kappa shape index (κ3) is 6.54. The topological polar surface area (TPSA) is 72.2 Å². The van der Waals surface area contributed by atoms with Crippen molar-refractivity contribution in [3.05, 3.63) is 0 Å². The summed E-state index contributed by atoms with van der Waals surface area (Å²) in [4.78, 5) is 0. The smallest absolute Gasteiger partial charge is 0.212 e. The molecule has 0 saturated heterocycles. The minimum atomic E-state index is -3.21. The highest BCUT2D eigenvalue weighted by Gasteiger charge is 2.33. The van der Waals surface area contributed by atoms with Crippen LogP contribution in [0.1, 0.15) is 27.2 Å². The van der Waals surface area contributed by atoms with Gasteiger partial charge in [0, 0.05) is 0 Å². The maximum Gasteiger partial charge on any atom is 0.212 e. The Bertz CT molecular complexity index is 414. The van der Waals surface area contributed by atoms with Crippen LogP contribution in [-0.2, 0) is 10.0 Å². The van der Waals surface area contributed by atoms with Crippen molar-refractivity contribution in [3.63, 3.8) is 0 Å². The Labute approximate surface area is 113 Å². The molecular formula is C12H26N2O2SSi. The monoisotopic (exact) mass is 290 g/mol. The van der Waals surface area contributed by atoms with Crippen LogP contribution in [0.25, 0.3) is 0 Å². The molecule has 6 heteroatoms. The molecule has 0 heterocycles. The molecule has 0 bridgehead atoms. The summed E-state index contributed by atoms with van der Waals surface area (Å²) in [5.41, 5.74) is 8.55. The number of nitrogens with one attached hydrogen (secondary N) is 1. The first-order chi connectivity index (χ1) is 8.02. The molecule has 0 aromatic carbocycles. The van der Waals surface area contributed by atoms with E-state index in [2.05, 4.69) is 50.1 Å². The summed E-state index contributed by atoms with van der Waals surface area (Å²) in [6, 6.07) is 0. The summed E-state index contributed by atoms with van der Waals surface area (Å²) in [6.07, 6.45) is 0.477. The van der Waals surface area contributed by atoms with Gasteiger partial charge < -0.3 is 5.73 Å². The van der Waals surface area contributed by atoms with Crippen LogP contribution < -0.4 is 10.5 Å². The summed E-state index contributed by atoms with van der Waals surface area (Å²) in [5.74, 6) is 3.03. The molecule has 0 unspecified atom stereocenters. The van der Waals surface area contributed by atoms with E-state index in [4.69, 9.17) is 5.73 Å². The predicted molar refractivity (Wildman–Crippen MR) is 80.4 cm³/mol. The molecule has 0 aliphatic rings. The number of sulfonamides is 1. The van der Waals surface area contributed by atoms with E-state index < -0.39 is 18.1 Å². The third-order valence-corrected chi connectivity index (χ3v) is 9.24. The fraction of sp³-hybridized carbons (Fsp3) is 0.833. The Morgan fingerprint density at radius 2 is 1.83 bits per heavy atom. The fourth-order valence-corrected chi connectivity index (χ4v) is 2.83. The van der Waals surface area contributed by atoms with Gasteiger partial charge in [0.1, 0.15) is 8.07 Å². The molecule has 0 aromatic rings. The van der Waals surface area contributed by atoms with E-state index in [1.165, 1.54) is 0 Å². The van der Waals surface area contributed by atoms with Crippen LogP contribution in [0.3, 0.4) is 0 Å². The van der Waals surface area contributed by atoms with Crippen molar-refractivity contribution in [1.29, 1.82) is 0 Å². The van der Waals surface area contributed by atoms with Gasteiger partial charge in [-0.2, -0.15) is 0 Å². The van der Waals surface area contributed by atoms with Crippen molar-refractivity contribution in [2.75, 3.05) is 18.8 Å². The van der Waals surface area contributed by atoms with Crippen molar-refractivity contribution in [2.45, 2.75) is 45.3 Å². The second-order valence-electron chi connectivity index (χ2n) is 5.96. The summed E-state index contributed by atoms with van der Waals surface area (Å²) in [5, 5.41) is 0.193. The van der Waals surface area contributed by atoms with E-state index in [9.17, 15) is 8.42 Å². The molecule has 0 spiro atoms. The lowest BCUT2D eigenvalue weighted by atomic mass is 10.2. The quantitative estimate of drug-likeness (QED) is 0.592. The van der Waals surface area contributed by atoms with Gasteiger partial charge in [0.05, 0.1) is 12.3 Å². The SMILES string of the molecule is CC(C)(C)[Si](C)(C)C#CCNS(=O)(=O)CCCN. The summed E-state index contributed by atoms with van der Waals surface area (Å²) in [7, 11) is -4.86. The van der Waals surface area contributed by atoms with Gasteiger partial charge in [-0.05, 0) is 18.0 Å². The van der Waals surface area contributed by atoms with Crippen LogP contribution in [0.5, 0.6) is 0 Å². The molecule has 4 nitrogen and oxygen atoms in total. The molecule has 0 aliphatic carbocycles. The largest absolute Gasteiger partial charge is 0.330 e. The van der Waals surface area contributed by atoms with Crippen molar-refractivity contribution in [2.24, 2.45) is 5.73 Å². The molecule has 0 radical (unpaired) electrons. The zero-order chi connectivity index (χ0) is 14.4. The molecule has 0 atom stereocenters. The molecule has 0 aliphatic heterocycles. The zero-order valence-electron chi connectivity index (χ0n) is 12.1. The van der Waals surface area contributed by atoms with Gasteiger partial charge in [0.25, 0.3) is 0 Å². The third-order valence-electron chi connectivity index (χ3n) is 3.27. The van der Waals surface area contributed by atoms with E-state index in [1.54, 1.807) is 0 Å². The van der Waals surface area contributed by atoms with Gasteiger partial charge in [0.2, 0.25) is 10.0 Å². The summed E-state index contributed by atoms with van der Waals surface area (Å²) in [6.45, 7) is 11.5. The summed E-state index contributed by atoms with van der Waals surface area (Å²) < 4.78 is 25.5. The van der Waals surface area contributed by atoms with Crippen LogP contribution >= 0.6 is 0 Å². The number of rotatable bonds is 5. The maximum atomic E-state index is 11.5. The molecule has 0 aromatic heterocycles. The normalized spacial score (nSPS) is 13.0. The number of nitrogens with two attached hydrogens (primary N) is 1. The molecule has 0 saturated carbocycles. The van der Waals surface area contributed by atoms with Crippen molar-refractivity contribution >= 4 is 18.1 Å². The molecule has 0 rings (SSSR count). The zero-order valence-corrected chi connectivity index (χ0v) is 13.9. The van der Waals surface area contributed by atoms with Crippen LogP contribution in [-0.4, -0.2) is 35.3 Å². The molecular weight excluding hydrogens is 264 g/mol. The molecule has 0 amide bonds. The van der Waals surface area contributed by atoms with Crippen molar-refractivity contribution < 1.29 is 8.42 Å². The van der Waals surface area contributed by atoms with E-state index in [-0.39, 0.29) is 17.3 Å². The highest BCUT2D eigenvalue weighted by Crippen LogP contribution is 2.34. The standard InChI is InChI=1S/C12H26N2O2SSi/c1-12(2,3)18(4,5)11-7-9-14-17(15,16)10-6-8-13/h14H,6,8-10,13H2,1-5H3. The van der Waals surface area contributed by atoms with E-state index >= 15 is 0 Å². The number of hydrogen-bond acceptors (Lipinski definition) is 3. The van der Waals surface area contributed by atoms with Crippen molar-refractivity contribution in [1.82, 2.24) is 4.72 Å². The highest BCUT2D eigenvalue weighted by atomic mass is 32.2. The first kappa shape index (κ1) is 17.6. The van der Waals surface area contributed by atoms with Crippen LogP contribution in [0, 0.1) is 11.5 Å². The van der Waals surface area contributed by atoms with E-state index in [0.29, 0.717) is 13.0 Å². The molecule has 3 N–H and O–H groups in total. The fourth-order valence-electron chi connectivity index (χ4n) is 0.944. The average molecular weight is 291 g/mol. The summed E-state index contributed by atoms with van der Waals surface area (Å²) >= 11 is 0. The van der Waals surface area contributed by atoms with Crippen LogP contribution in [0.4, 0.5) is 0 Å². The van der Waals surface area contributed by atoms with Crippen LogP contribution in [0.15, 0.2) is 0 Å². The van der Waals surface area contributed by atoms with Gasteiger partial charge in [-0.1, -0.05) is 39.8 Å². The Morgan fingerprint density at radius 1 is 1.28 bits per heavy atom. The lowest BCUT2D eigenvalue weighted by Gasteiger charge is -2.31. The lowest BCUT2D eigenvalue weighted by molar-refractivity contribution is 0.583. The van der Waals surface area contributed by atoms with E-state index in [0.717, 1.165) is 0 Å². The van der Waals surface area contributed by atoms with Gasteiger partial charge in [-0.3, -0.25) is 0 Å². The molecule has 106 valence electrons. The Balaban J connectivity index is 4.38. The predicted octanol–water partition coefficient (Wildman–Crippen LogP) is 1.31. The molecule has 18 heavy (non-hydrogen) atoms. The van der Waals surface area contributed by atoms with Gasteiger partial charge in [-0.25, -0.2) is 13.1 Å². The second-order valence-corrected chi connectivity index (χ2v) is 12.9. The minimum Gasteiger partial charge on any atom is -0.330 e. The second kappa shape index (κ2) is 6.71. The highest BCUT2D eigenvalue weighted by molar-refractivity contribution is 7.89. The first-order valence-electron chi connectivity index (χ1n) is 6.19. The first-order valence-corrected chi connectivity index (χ1v) is 10.8. The number of hydrogen-bond donors (Lipinski definition) is 2. The Hall–Kier alpha value is -0.353. The van der Waals surface area contributed by atoms with Gasteiger partial charge in [-0.15, -0.1) is 5.54 Å². The van der Waals surface area contributed by atoms with Gasteiger partial charge in [0.15, 0.2) is 0 Å². The molecule has 0 fully saturated rings. The van der Waals surface area contributed by atoms with Crippen molar-refractivity contribution in [3.8, 4) is 11.5 Å². The minimum absolute atomic E-state index is 0.0747. The maximum absolute atomic E-state index is 11.5. The Morgan fingerprint density at radius 3 is 2.28 bits per heavy atom.